The maximum atomic E-state index is 12.8. The van der Waals surface area contributed by atoms with Gasteiger partial charge in [-0.3, -0.25) is 4.79 Å². The summed E-state index contributed by atoms with van der Waals surface area (Å²) < 4.78 is 1.42. The van der Waals surface area contributed by atoms with Gasteiger partial charge in [0.1, 0.15) is 5.75 Å². The maximum absolute atomic E-state index is 12.8. The van der Waals surface area contributed by atoms with Crippen molar-refractivity contribution in [3.8, 4) is 5.75 Å². The molecule has 0 spiro atoms. The molecule has 24 heavy (non-hydrogen) atoms. The van der Waals surface area contributed by atoms with E-state index in [-0.39, 0.29) is 17.1 Å². The van der Waals surface area contributed by atoms with Crippen LogP contribution in [0.1, 0.15) is 44.1 Å². The molecule has 0 unspecified atom stereocenters. The van der Waals surface area contributed by atoms with Gasteiger partial charge in [0.05, 0.1) is 16.1 Å². The molecule has 0 saturated heterocycles. The number of amides is 1. The van der Waals surface area contributed by atoms with Crippen molar-refractivity contribution in [1.29, 1.82) is 0 Å². The fourth-order valence-electron chi connectivity index (χ4n) is 5.35. The zero-order valence-electron chi connectivity index (χ0n) is 13.3. The number of nitrogens with one attached hydrogen (secondary N) is 1. The van der Waals surface area contributed by atoms with E-state index in [1.165, 1.54) is 25.5 Å². The van der Waals surface area contributed by atoms with Gasteiger partial charge in [-0.15, -0.1) is 0 Å². The lowest BCUT2D eigenvalue weighted by Gasteiger charge is -2.55. The first-order valence-corrected chi connectivity index (χ1v) is 10.1. The number of phenols is 1. The predicted molar refractivity (Wildman–Crippen MR) is 99.8 cm³/mol. The van der Waals surface area contributed by atoms with Crippen molar-refractivity contribution < 1.29 is 9.90 Å². The van der Waals surface area contributed by atoms with Crippen LogP contribution in [0.2, 0.25) is 0 Å². The van der Waals surface area contributed by atoms with Crippen LogP contribution in [0.5, 0.6) is 5.75 Å². The molecule has 0 aromatic heterocycles. The van der Waals surface area contributed by atoms with Gasteiger partial charge in [0.25, 0.3) is 0 Å². The first-order valence-electron chi connectivity index (χ1n) is 8.47. The molecule has 0 heterocycles. The Morgan fingerprint density at radius 1 is 1.17 bits per heavy atom. The van der Waals surface area contributed by atoms with Crippen LogP contribution in [0, 0.1) is 23.2 Å². The summed E-state index contributed by atoms with van der Waals surface area (Å²) in [5.74, 6) is 2.38. The zero-order chi connectivity index (χ0) is 16.9. The summed E-state index contributed by atoms with van der Waals surface area (Å²) in [5.41, 5.74) is 3.10. The van der Waals surface area contributed by atoms with E-state index in [0.717, 1.165) is 41.5 Å². The highest BCUT2D eigenvalue weighted by Crippen LogP contribution is 2.60. The second kappa shape index (κ2) is 6.13. The Bertz CT molecular complexity index is 682. The Morgan fingerprint density at radius 2 is 1.75 bits per heavy atom. The molecule has 4 fully saturated rings. The van der Waals surface area contributed by atoms with E-state index in [9.17, 15) is 9.90 Å². The Morgan fingerprint density at radius 3 is 2.33 bits per heavy atom. The third kappa shape index (κ3) is 2.92. The van der Waals surface area contributed by atoms with E-state index in [1.54, 1.807) is 12.1 Å². The number of rotatable bonds is 3. The first kappa shape index (κ1) is 16.6. The highest BCUT2D eigenvalue weighted by molar-refractivity contribution is 9.11. The number of carbonyl (C=O) groups is 1. The summed E-state index contributed by atoms with van der Waals surface area (Å²) in [6, 6.07) is 3.53. The second-order valence-corrected chi connectivity index (χ2v) is 9.49. The lowest BCUT2D eigenvalue weighted by molar-refractivity contribution is -0.146. The topological polar surface area (TPSA) is 61.7 Å². The monoisotopic (exact) mass is 454 g/mol. The van der Waals surface area contributed by atoms with Gasteiger partial charge in [0.2, 0.25) is 5.91 Å². The molecule has 4 saturated carbocycles. The molecule has 1 aromatic rings. The van der Waals surface area contributed by atoms with E-state index in [4.69, 9.17) is 0 Å². The van der Waals surface area contributed by atoms with Crippen LogP contribution in [0.3, 0.4) is 0 Å². The van der Waals surface area contributed by atoms with Gasteiger partial charge in [-0.2, -0.15) is 5.10 Å². The lowest BCUT2D eigenvalue weighted by atomic mass is 9.49. The molecule has 5 rings (SSSR count). The molecule has 128 valence electrons. The summed E-state index contributed by atoms with van der Waals surface area (Å²) in [6.07, 6.45) is 8.51. The van der Waals surface area contributed by atoms with E-state index in [2.05, 4.69) is 42.4 Å². The third-order valence-corrected chi connectivity index (χ3v) is 7.01. The van der Waals surface area contributed by atoms with Crippen molar-refractivity contribution in [3.05, 3.63) is 26.6 Å². The number of halogens is 2. The van der Waals surface area contributed by atoms with Crippen molar-refractivity contribution >= 4 is 44.0 Å². The minimum absolute atomic E-state index is 0.0615. The fourth-order valence-corrected chi connectivity index (χ4v) is 6.61. The highest BCUT2D eigenvalue weighted by atomic mass is 79.9. The molecule has 4 nitrogen and oxygen atoms in total. The van der Waals surface area contributed by atoms with Crippen molar-refractivity contribution in [3.63, 3.8) is 0 Å². The molecule has 1 amide bonds. The number of hydrazone groups is 1. The Balaban J connectivity index is 1.47. The summed E-state index contributed by atoms with van der Waals surface area (Å²) >= 11 is 6.68. The third-order valence-electron chi connectivity index (χ3n) is 5.95. The van der Waals surface area contributed by atoms with Crippen LogP contribution in [0.15, 0.2) is 26.2 Å². The van der Waals surface area contributed by atoms with Crippen LogP contribution in [-0.2, 0) is 4.79 Å². The first-order chi connectivity index (χ1) is 11.4. The summed E-state index contributed by atoms with van der Waals surface area (Å²) in [5, 5.41) is 14.2. The molecule has 4 bridgehead atoms. The van der Waals surface area contributed by atoms with E-state index in [0.29, 0.717) is 10.0 Å². The number of phenolic OH excluding ortho intramolecular Hbond substituents is 1. The van der Waals surface area contributed by atoms with Crippen molar-refractivity contribution in [1.82, 2.24) is 5.43 Å². The SMILES string of the molecule is O=C(N/N=C\c1cc(Br)cc(Br)c1O)C12CC3CC(CC(C3)C1)C2. The minimum atomic E-state index is -0.202. The molecule has 6 heteroatoms. The number of aromatic hydroxyl groups is 1. The lowest BCUT2D eigenvalue weighted by Crippen LogP contribution is -2.52. The number of hydrogen-bond acceptors (Lipinski definition) is 3. The molecule has 0 radical (unpaired) electrons. The molecule has 0 aliphatic heterocycles. The molecule has 1 aromatic carbocycles. The van der Waals surface area contributed by atoms with Crippen molar-refractivity contribution in [2.24, 2.45) is 28.3 Å². The Kier molecular flexibility index (Phi) is 4.23. The maximum Gasteiger partial charge on any atom is 0.246 e. The van der Waals surface area contributed by atoms with Crippen LogP contribution in [-0.4, -0.2) is 17.2 Å². The van der Waals surface area contributed by atoms with Crippen LogP contribution >= 0.6 is 31.9 Å². The minimum Gasteiger partial charge on any atom is -0.506 e. The van der Waals surface area contributed by atoms with Crippen LogP contribution < -0.4 is 5.43 Å². The van der Waals surface area contributed by atoms with Gasteiger partial charge in [-0.1, -0.05) is 15.9 Å². The molecule has 4 aliphatic rings. The normalized spacial score (nSPS) is 34.0. The van der Waals surface area contributed by atoms with Gasteiger partial charge in [0.15, 0.2) is 0 Å². The number of hydrogen-bond donors (Lipinski definition) is 2. The average Bonchev–Trinajstić information content (AvgIpc) is 2.50. The van der Waals surface area contributed by atoms with E-state index < -0.39 is 0 Å². The fraction of sp³-hybridized carbons (Fsp3) is 0.556. The number of nitrogens with zero attached hydrogens (tertiary/aromatic N) is 1. The van der Waals surface area contributed by atoms with E-state index >= 15 is 0 Å². The van der Waals surface area contributed by atoms with Crippen LogP contribution in [0.4, 0.5) is 0 Å². The van der Waals surface area contributed by atoms with E-state index in [1.807, 2.05) is 0 Å². The van der Waals surface area contributed by atoms with Crippen molar-refractivity contribution in [2.45, 2.75) is 38.5 Å². The predicted octanol–water partition coefficient (Wildman–Crippen LogP) is 4.58. The number of benzene rings is 1. The van der Waals surface area contributed by atoms with Gasteiger partial charge in [-0.25, -0.2) is 5.43 Å². The smallest absolute Gasteiger partial charge is 0.246 e. The average molecular weight is 456 g/mol. The standard InChI is InChI=1S/C18H20Br2N2O2/c19-14-4-13(16(23)15(20)5-14)9-21-22-17(24)18-6-10-1-11(7-18)3-12(2-10)8-18/h4-5,9-12,23H,1-3,6-8H2,(H,22,24)/b21-9-. The molecule has 2 N–H and O–H groups in total. The number of carbonyl (C=O) groups excluding carboxylic acids is 1. The van der Waals surface area contributed by atoms with Crippen molar-refractivity contribution in [2.75, 3.05) is 0 Å². The quantitative estimate of drug-likeness (QED) is 0.517. The second-order valence-electron chi connectivity index (χ2n) is 7.72. The molecular formula is C18H20Br2N2O2. The molecule has 4 aliphatic carbocycles. The molecular weight excluding hydrogens is 436 g/mol. The van der Waals surface area contributed by atoms with Gasteiger partial charge >= 0.3 is 0 Å². The molecule has 0 atom stereocenters. The Hall–Kier alpha value is -0.880. The summed E-state index contributed by atoms with van der Waals surface area (Å²) in [7, 11) is 0. The highest BCUT2D eigenvalue weighted by Gasteiger charge is 2.54. The largest absolute Gasteiger partial charge is 0.506 e. The zero-order valence-corrected chi connectivity index (χ0v) is 16.4. The van der Waals surface area contributed by atoms with Gasteiger partial charge in [-0.05, 0) is 84.3 Å². The summed E-state index contributed by atoms with van der Waals surface area (Å²) in [4.78, 5) is 12.8. The van der Waals surface area contributed by atoms with Crippen LogP contribution in [0.25, 0.3) is 0 Å². The Labute approximate surface area is 158 Å². The summed E-state index contributed by atoms with van der Waals surface area (Å²) in [6.45, 7) is 0. The van der Waals surface area contributed by atoms with Gasteiger partial charge < -0.3 is 5.11 Å². The van der Waals surface area contributed by atoms with Gasteiger partial charge in [0, 0.05) is 10.0 Å².